The van der Waals surface area contributed by atoms with Crippen LogP contribution in [0.3, 0.4) is 0 Å². The van der Waals surface area contributed by atoms with Gasteiger partial charge >= 0.3 is 0 Å². The van der Waals surface area contributed by atoms with Crippen molar-refractivity contribution in [3.8, 4) is 11.4 Å². The maximum absolute atomic E-state index is 14.8. The summed E-state index contributed by atoms with van der Waals surface area (Å²) in [7, 11) is 0. The Hall–Kier alpha value is -3.39. The normalized spacial score (nSPS) is 13.0. The molecule has 0 radical (unpaired) electrons. The number of carbonyl (C=O) groups excluding carboxylic acids is 1. The number of halogens is 1. The fourth-order valence-corrected chi connectivity index (χ4v) is 3.84. The van der Waals surface area contributed by atoms with Crippen molar-refractivity contribution in [2.75, 3.05) is 5.32 Å². The monoisotopic (exact) mass is 422 g/mol. The van der Waals surface area contributed by atoms with E-state index in [1.807, 2.05) is 47.9 Å². The molecule has 30 heavy (non-hydrogen) atoms. The second-order valence-corrected chi connectivity index (χ2v) is 7.58. The number of amides is 1. The average Bonchev–Trinajstić information content (AvgIpc) is 3.44. The maximum Gasteiger partial charge on any atom is 0.269 e. The largest absolute Gasteiger partial charge is 0.472 e. The minimum absolute atomic E-state index is 0.182. The number of carbonyl (C=O) groups is 1. The van der Waals surface area contributed by atoms with Gasteiger partial charge in [0, 0.05) is 5.69 Å². The van der Waals surface area contributed by atoms with Crippen LogP contribution in [0.5, 0.6) is 0 Å². The van der Waals surface area contributed by atoms with Crippen LogP contribution in [0.15, 0.2) is 88.8 Å². The molecule has 0 saturated heterocycles. The summed E-state index contributed by atoms with van der Waals surface area (Å²) in [6.45, 7) is 1.98. The van der Waals surface area contributed by atoms with Gasteiger partial charge in [0.1, 0.15) is 6.26 Å². The molecular formula is C22H19FN4O2S. The van der Waals surface area contributed by atoms with Crippen molar-refractivity contribution in [2.45, 2.75) is 23.6 Å². The minimum Gasteiger partial charge on any atom is -0.472 e. The van der Waals surface area contributed by atoms with Gasteiger partial charge in [-0.2, -0.15) is 0 Å². The summed E-state index contributed by atoms with van der Waals surface area (Å²) < 4.78 is 21.8. The Kier molecular flexibility index (Phi) is 5.94. The quantitative estimate of drug-likeness (QED) is 0.416. The summed E-state index contributed by atoms with van der Waals surface area (Å²) in [6, 6.07) is 20.1. The van der Waals surface area contributed by atoms with Crippen LogP contribution in [0.25, 0.3) is 11.4 Å². The summed E-state index contributed by atoms with van der Waals surface area (Å²) in [6.07, 6.45) is 3.10. The minimum atomic E-state index is -1.85. The van der Waals surface area contributed by atoms with Crippen LogP contribution < -0.4 is 5.32 Å². The zero-order valence-corrected chi connectivity index (χ0v) is 16.9. The highest BCUT2D eigenvalue weighted by atomic mass is 32.2. The van der Waals surface area contributed by atoms with E-state index < -0.39 is 11.4 Å². The number of anilines is 1. The van der Waals surface area contributed by atoms with E-state index in [2.05, 4.69) is 15.5 Å². The first-order chi connectivity index (χ1) is 14.6. The van der Waals surface area contributed by atoms with Gasteiger partial charge in [-0.15, -0.1) is 10.2 Å². The van der Waals surface area contributed by atoms with E-state index in [0.29, 0.717) is 16.7 Å². The predicted octanol–water partition coefficient (Wildman–Crippen LogP) is 5.17. The molecule has 2 aromatic carbocycles. The van der Waals surface area contributed by atoms with Crippen LogP contribution in [0.2, 0.25) is 0 Å². The van der Waals surface area contributed by atoms with Gasteiger partial charge in [-0.05, 0) is 42.4 Å². The first-order valence-corrected chi connectivity index (χ1v) is 10.2. The van der Waals surface area contributed by atoms with Gasteiger partial charge in [0.2, 0.25) is 5.50 Å². The number of nitrogens with zero attached hydrogens (tertiary/aromatic N) is 3. The van der Waals surface area contributed by atoms with Gasteiger partial charge in [-0.3, -0.25) is 9.36 Å². The molecule has 2 heterocycles. The SMILES string of the molecule is CC(c1ccccc1)n1c(SC(F)C(=O)Nc2ccccc2)nnc1-c1ccoc1. The third kappa shape index (κ3) is 4.28. The van der Waals surface area contributed by atoms with Crippen molar-refractivity contribution in [3.05, 3.63) is 84.8 Å². The molecule has 0 saturated carbocycles. The Labute approximate surface area is 177 Å². The predicted molar refractivity (Wildman–Crippen MR) is 114 cm³/mol. The molecule has 0 bridgehead atoms. The zero-order chi connectivity index (χ0) is 20.9. The molecule has 0 fully saturated rings. The first-order valence-electron chi connectivity index (χ1n) is 9.32. The third-order valence-electron chi connectivity index (χ3n) is 4.57. The van der Waals surface area contributed by atoms with E-state index in [1.54, 1.807) is 42.9 Å². The number of aromatic nitrogens is 3. The van der Waals surface area contributed by atoms with Crippen LogP contribution in [-0.2, 0) is 4.79 Å². The third-order valence-corrected chi connectivity index (χ3v) is 5.48. The number of nitrogens with one attached hydrogen (secondary N) is 1. The number of alkyl halides is 1. The molecule has 0 aliphatic heterocycles. The lowest BCUT2D eigenvalue weighted by atomic mass is 10.1. The molecule has 0 spiro atoms. The van der Waals surface area contributed by atoms with E-state index >= 15 is 0 Å². The van der Waals surface area contributed by atoms with Crippen molar-refractivity contribution in [1.29, 1.82) is 0 Å². The summed E-state index contributed by atoms with van der Waals surface area (Å²) in [4.78, 5) is 12.3. The lowest BCUT2D eigenvalue weighted by Crippen LogP contribution is -2.22. The van der Waals surface area contributed by atoms with Crippen molar-refractivity contribution >= 4 is 23.4 Å². The highest BCUT2D eigenvalue weighted by Gasteiger charge is 2.26. The van der Waals surface area contributed by atoms with Gasteiger partial charge in [-0.25, -0.2) is 4.39 Å². The fourth-order valence-electron chi connectivity index (χ4n) is 3.04. The summed E-state index contributed by atoms with van der Waals surface area (Å²) in [5, 5.41) is 11.3. The van der Waals surface area contributed by atoms with Gasteiger partial charge in [0.25, 0.3) is 5.91 Å². The van der Waals surface area contributed by atoms with Crippen molar-refractivity contribution in [3.63, 3.8) is 0 Å². The van der Waals surface area contributed by atoms with Gasteiger partial charge in [0.15, 0.2) is 11.0 Å². The van der Waals surface area contributed by atoms with E-state index in [-0.39, 0.29) is 6.04 Å². The van der Waals surface area contributed by atoms with E-state index in [4.69, 9.17) is 4.42 Å². The average molecular weight is 422 g/mol. The molecule has 2 aromatic heterocycles. The van der Waals surface area contributed by atoms with E-state index in [1.165, 1.54) is 0 Å². The fraction of sp³-hybridized carbons (Fsp3) is 0.136. The topological polar surface area (TPSA) is 73.0 Å². The molecule has 0 aliphatic carbocycles. The van der Waals surface area contributed by atoms with Crippen molar-refractivity contribution in [1.82, 2.24) is 14.8 Å². The van der Waals surface area contributed by atoms with Gasteiger partial charge < -0.3 is 9.73 Å². The van der Waals surface area contributed by atoms with Crippen LogP contribution in [0.4, 0.5) is 10.1 Å². The molecule has 152 valence electrons. The van der Waals surface area contributed by atoms with E-state index in [9.17, 15) is 9.18 Å². The Morgan fingerprint density at radius 3 is 2.43 bits per heavy atom. The number of rotatable bonds is 7. The highest BCUT2D eigenvalue weighted by Crippen LogP contribution is 2.33. The molecule has 1 N–H and O–H groups in total. The Balaban J connectivity index is 1.62. The lowest BCUT2D eigenvalue weighted by Gasteiger charge is -2.18. The van der Waals surface area contributed by atoms with E-state index in [0.717, 1.165) is 22.9 Å². The second kappa shape index (κ2) is 8.96. The lowest BCUT2D eigenvalue weighted by molar-refractivity contribution is -0.118. The second-order valence-electron chi connectivity index (χ2n) is 6.56. The van der Waals surface area contributed by atoms with Crippen LogP contribution in [-0.4, -0.2) is 26.2 Å². The number of furan rings is 1. The molecule has 4 rings (SSSR count). The van der Waals surface area contributed by atoms with Crippen molar-refractivity contribution in [2.24, 2.45) is 0 Å². The standard InChI is InChI=1S/C22H19FN4O2S/c1-15(16-8-4-2-5-9-16)27-20(17-12-13-29-14-17)25-26-22(27)30-19(23)21(28)24-18-10-6-3-7-11-18/h2-15,19H,1H3,(H,24,28). The molecule has 0 aliphatic rings. The number of para-hydroxylation sites is 1. The molecule has 6 nitrogen and oxygen atoms in total. The number of thioether (sulfide) groups is 1. The molecular weight excluding hydrogens is 403 g/mol. The van der Waals surface area contributed by atoms with Gasteiger partial charge in [0.05, 0.1) is 17.9 Å². The Bertz CT molecular complexity index is 1100. The number of hydrogen-bond donors (Lipinski definition) is 1. The zero-order valence-electron chi connectivity index (χ0n) is 16.1. The van der Waals surface area contributed by atoms with Crippen LogP contribution >= 0.6 is 11.8 Å². The maximum atomic E-state index is 14.8. The number of benzene rings is 2. The highest BCUT2D eigenvalue weighted by molar-refractivity contribution is 8.00. The van der Waals surface area contributed by atoms with Crippen LogP contribution in [0.1, 0.15) is 18.5 Å². The van der Waals surface area contributed by atoms with Crippen LogP contribution in [0, 0.1) is 0 Å². The number of hydrogen-bond acceptors (Lipinski definition) is 5. The summed E-state index contributed by atoms with van der Waals surface area (Å²) in [5.41, 5.74) is 0.409. The smallest absolute Gasteiger partial charge is 0.269 e. The van der Waals surface area contributed by atoms with Gasteiger partial charge in [-0.1, -0.05) is 48.5 Å². The first kappa shape index (κ1) is 19.9. The Morgan fingerprint density at radius 1 is 1.07 bits per heavy atom. The Morgan fingerprint density at radius 2 is 1.77 bits per heavy atom. The summed E-state index contributed by atoms with van der Waals surface area (Å²) in [5.74, 6) is -0.212. The molecule has 8 heteroatoms. The molecule has 1 amide bonds. The molecule has 4 aromatic rings. The summed E-state index contributed by atoms with van der Waals surface area (Å²) >= 11 is 0.719. The molecule has 2 unspecified atom stereocenters. The van der Waals surface area contributed by atoms with Crippen molar-refractivity contribution < 1.29 is 13.6 Å². The molecule has 2 atom stereocenters.